The van der Waals surface area contributed by atoms with Crippen LogP contribution >= 0.6 is 0 Å². The zero-order valence-corrected chi connectivity index (χ0v) is 16.8. The Morgan fingerprint density at radius 1 is 0.591 bits per heavy atom. The normalized spacial score (nSPS) is 13.5. The van der Waals surface area contributed by atoms with E-state index < -0.39 is 0 Å². The highest BCUT2D eigenvalue weighted by atomic mass is 14.3. The molecule has 0 N–H and O–H groups in total. The molecule has 0 aromatic heterocycles. The molecule has 0 atom stereocenters. The summed E-state index contributed by atoms with van der Waals surface area (Å²) in [6.45, 7) is 23.4. The largest absolute Gasteiger partial charge is 0.0599 e. The summed E-state index contributed by atoms with van der Waals surface area (Å²) in [7, 11) is 0. The maximum atomic E-state index is 2.47. The first-order chi connectivity index (χ1) is 9.66. The Kier molecular flexibility index (Phi) is 5.59. The molecule has 0 spiro atoms. The van der Waals surface area contributed by atoms with Gasteiger partial charge in [0, 0.05) is 0 Å². The first kappa shape index (κ1) is 19.3. The lowest BCUT2D eigenvalue weighted by molar-refractivity contribution is 0.398. The third-order valence-corrected chi connectivity index (χ3v) is 3.86. The Balaban J connectivity index is 3.30. The van der Waals surface area contributed by atoms with Crippen LogP contribution in [0, 0.1) is 23.2 Å². The molecule has 22 heavy (non-hydrogen) atoms. The molecular formula is C22H38. The minimum Gasteiger partial charge on any atom is -0.0599 e. The van der Waals surface area contributed by atoms with Gasteiger partial charge in [0.15, 0.2) is 0 Å². The van der Waals surface area contributed by atoms with Crippen molar-refractivity contribution in [3.05, 3.63) is 34.4 Å². The lowest BCUT2D eigenvalue weighted by Gasteiger charge is -2.26. The van der Waals surface area contributed by atoms with Crippen LogP contribution in [-0.2, 0) is 19.3 Å². The summed E-state index contributed by atoms with van der Waals surface area (Å²) in [6, 6.07) is 4.94. The van der Waals surface area contributed by atoms with Crippen molar-refractivity contribution in [2.45, 2.75) is 88.5 Å². The van der Waals surface area contributed by atoms with Gasteiger partial charge in [0.1, 0.15) is 0 Å². The summed E-state index contributed by atoms with van der Waals surface area (Å²) in [5.41, 5.74) is 7.14. The fourth-order valence-corrected chi connectivity index (χ4v) is 3.14. The lowest BCUT2D eigenvalue weighted by atomic mass is 9.79. The number of hydrogen-bond acceptors (Lipinski definition) is 0. The Labute approximate surface area is 139 Å². The van der Waals surface area contributed by atoms with Gasteiger partial charge in [-0.1, -0.05) is 74.4 Å². The maximum Gasteiger partial charge on any atom is -0.0227 e. The van der Waals surface area contributed by atoms with E-state index >= 15 is 0 Å². The van der Waals surface area contributed by atoms with Gasteiger partial charge < -0.3 is 0 Å². The maximum absolute atomic E-state index is 2.47. The van der Waals surface area contributed by atoms with Gasteiger partial charge in [0.05, 0.1) is 0 Å². The molecular weight excluding hydrogens is 264 g/mol. The minimum atomic E-state index is 0.337. The third-order valence-electron chi connectivity index (χ3n) is 3.86. The van der Waals surface area contributed by atoms with E-state index in [4.69, 9.17) is 0 Å². The highest BCUT2D eigenvalue weighted by Gasteiger charge is 2.20. The topological polar surface area (TPSA) is 0 Å². The van der Waals surface area contributed by atoms with E-state index in [0.717, 1.165) is 19.3 Å². The highest BCUT2D eigenvalue weighted by molar-refractivity contribution is 5.40. The van der Waals surface area contributed by atoms with Crippen molar-refractivity contribution < 1.29 is 0 Å². The predicted molar refractivity (Wildman–Crippen MR) is 101 cm³/mol. The van der Waals surface area contributed by atoms with Crippen LogP contribution in [0.1, 0.15) is 84.6 Å². The summed E-state index contributed by atoms with van der Waals surface area (Å²) in [4.78, 5) is 0. The molecule has 0 aliphatic carbocycles. The van der Waals surface area contributed by atoms with Gasteiger partial charge in [-0.2, -0.15) is 0 Å². The Hall–Kier alpha value is -0.780. The molecule has 0 bridgehead atoms. The van der Waals surface area contributed by atoms with E-state index in [0.29, 0.717) is 16.2 Å². The van der Waals surface area contributed by atoms with Crippen molar-refractivity contribution in [3.8, 4) is 0 Å². The fourth-order valence-electron chi connectivity index (χ4n) is 3.14. The SMILES string of the molecule is Cc1c(CC(C)(C)C)cc(CC(C)(C)C)cc1CC(C)(C)C. The lowest BCUT2D eigenvalue weighted by Crippen LogP contribution is -2.16. The van der Waals surface area contributed by atoms with Crippen LogP contribution in [-0.4, -0.2) is 0 Å². The van der Waals surface area contributed by atoms with E-state index in [2.05, 4.69) is 81.4 Å². The van der Waals surface area contributed by atoms with Crippen LogP contribution < -0.4 is 0 Å². The zero-order valence-electron chi connectivity index (χ0n) is 16.8. The third kappa shape index (κ3) is 6.99. The van der Waals surface area contributed by atoms with Crippen LogP contribution in [0.3, 0.4) is 0 Å². The van der Waals surface area contributed by atoms with Crippen molar-refractivity contribution in [2.24, 2.45) is 16.2 Å². The second kappa shape index (κ2) is 6.38. The second-order valence-electron chi connectivity index (χ2n) is 10.8. The average molecular weight is 303 g/mol. The average Bonchev–Trinajstić information content (AvgIpc) is 2.18. The van der Waals surface area contributed by atoms with Gasteiger partial charge in [-0.05, 0) is 64.7 Å². The molecule has 0 radical (unpaired) electrons. The van der Waals surface area contributed by atoms with Crippen LogP contribution in [0.5, 0.6) is 0 Å². The van der Waals surface area contributed by atoms with Crippen LogP contribution in [0.2, 0.25) is 0 Å². The van der Waals surface area contributed by atoms with Crippen LogP contribution in [0.25, 0.3) is 0 Å². The first-order valence-corrected chi connectivity index (χ1v) is 8.78. The summed E-state index contributed by atoms with van der Waals surface area (Å²) in [6.07, 6.45) is 3.48. The van der Waals surface area contributed by atoms with Gasteiger partial charge in [-0.15, -0.1) is 0 Å². The quantitative estimate of drug-likeness (QED) is 0.578. The molecule has 0 saturated heterocycles. The summed E-state index contributed by atoms with van der Waals surface area (Å²) in [5, 5.41) is 0. The van der Waals surface area contributed by atoms with Gasteiger partial charge in [0.2, 0.25) is 0 Å². The molecule has 1 rings (SSSR count). The molecule has 0 heteroatoms. The molecule has 1 aromatic rings. The molecule has 0 heterocycles. The minimum absolute atomic E-state index is 0.337. The van der Waals surface area contributed by atoms with Gasteiger partial charge in [-0.25, -0.2) is 0 Å². The van der Waals surface area contributed by atoms with Gasteiger partial charge in [-0.3, -0.25) is 0 Å². The van der Waals surface area contributed by atoms with E-state index in [1.807, 2.05) is 0 Å². The molecule has 0 unspecified atom stereocenters. The predicted octanol–water partition coefficient (Wildman–Crippen LogP) is 6.76. The van der Waals surface area contributed by atoms with Crippen molar-refractivity contribution in [1.82, 2.24) is 0 Å². The second-order valence-corrected chi connectivity index (χ2v) is 10.8. The van der Waals surface area contributed by atoms with Crippen molar-refractivity contribution in [3.63, 3.8) is 0 Å². The molecule has 0 amide bonds. The molecule has 0 nitrogen and oxygen atoms in total. The smallest absolute Gasteiger partial charge is 0.0227 e. The van der Waals surface area contributed by atoms with E-state index in [-0.39, 0.29) is 0 Å². The monoisotopic (exact) mass is 302 g/mol. The van der Waals surface area contributed by atoms with Gasteiger partial charge >= 0.3 is 0 Å². The molecule has 0 aliphatic heterocycles. The summed E-state index contributed by atoms with van der Waals surface area (Å²) >= 11 is 0. The van der Waals surface area contributed by atoms with Crippen molar-refractivity contribution >= 4 is 0 Å². The van der Waals surface area contributed by atoms with Crippen molar-refractivity contribution in [2.75, 3.05) is 0 Å². The molecule has 0 saturated carbocycles. The molecule has 0 fully saturated rings. The number of benzene rings is 1. The van der Waals surface area contributed by atoms with E-state index in [1.165, 1.54) is 11.1 Å². The van der Waals surface area contributed by atoms with Crippen LogP contribution in [0.4, 0.5) is 0 Å². The Morgan fingerprint density at radius 3 is 1.18 bits per heavy atom. The number of hydrogen-bond donors (Lipinski definition) is 0. The van der Waals surface area contributed by atoms with Crippen LogP contribution in [0.15, 0.2) is 12.1 Å². The highest BCUT2D eigenvalue weighted by Crippen LogP contribution is 2.31. The first-order valence-electron chi connectivity index (χ1n) is 8.78. The molecule has 126 valence electrons. The zero-order chi connectivity index (χ0) is 17.3. The standard InChI is InChI=1S/C22H38/c1-16-18(14-21(5,6)7)11-17(13-20(2,3)4)12-19(16)15-22(8,9)10/h11-12H,13-15H2,1-10H3. The van der Waals surface area contributed by atoms with Gasteiger partial charge in [0.25, 0.3) is 0 Å². The van der Waals surface area contributed by atoms with E-state index in [9.17, 15) is 0 Å². The number of rotatable bonds is 3. The van der Waals surface area contributed by atoms with E-state index in [1.54, 1.807) is 11.1 Å². The Morgan fingerprint density at radius 2 is 0.909 bits per heavy atom. The molecule has 1 aromatic carbocycles. The van der Waals surface area contributed by atoms with Crippen molar-refractivity contribution in [1.29, 1.82) is 0 Å². The fraction of sp³-hybridized carbons (Fsp3) is 0.727. The Bertz CT molecular complexity index is 461. The summed E-state index contributed by atoms with van der Waals surface area (Å²) in [5.74, 6) is 0. The summed E-state index contributed by atoms with van der Waals surface area (Å²) < 4.78 is 0. The molecule has 0 aliphatic rings.